The number of carbonyl (C=O) groups is 3. The molecule has 0 bridgehead atoms. The van der Waals surface area contributed by atoms with Crippen LogP contribution in [0, 0.1) is 6.92 Å². The van der Waals surface area contributed by atoms with Gasteiger partial charge in [-0.1, -0.05) is 6.07 Å². The van der Waals surface area contributed by atoms with Gasteiger partial charge in [-0.25, -0.2) is 14.4 Å². The first kappa shape index (κ1) is 24.5. The molecule has 2 rings (SSSR count). The molecule has 1 N–H and O–H groups in total. The summed E-state index contributed by atoms with van der Waals surface area (Å²) in [7, 11) is 3.05. The number of esters is 3. The smallest absolute Gasteiger partial charge is 0.355 e. The standard InChI is InChI=1S/C23H27NO8/c1-6-30-22(26)20-14(3)21(23(27)31-7-2)24-16(20)13-32-19(25)11-9-15-8-10-17(28-4)18(12-15)29-5/h8-12,24H,6-7,13H2,1-5H3. The van der Waals surface area contributed by atoms with E-state index in [0.717, 1.165) is 0 Å². The molecule has 1 heterocycles. The molecule has 0 aliphatic heterocycles. The van der Waals surface area contributed by atoms with Gasteiger partial charge in [-0.05, 0) is 50.1 Å². The van der Waals surface area contributed by atoms with Gasteiger partial charge in [0.25, 0.3) is 0 Å². The van der Waals surface area contributed by atoms with Crippen molar-refractivity contribution in [3.8, 4) is 11.5 Å². The van der Waals surface area contributed by atoms with E-state index in [9.17, 15) is 14.4 Å². The third kappa shape index (κ3) is 5.90. The van der Waals surface area contributed by atoms with Crippen LogP contribution in [0.15, 0.2) is 24.3 Å². The topological polar surface area (TPSA) is 113 Å². The lowest BCUT2D eigenvalue weighted by Gasteiger charge is -2.07. The Labute approximate surface area is 186 Å². The van der Waals surface area contributed by atoms with Gasteiger partial charge >= 0.3 is 17.9 Å². The molecule has 0 fully saturated rings. The molecule has 0 radical (unpaired) electrons. The molecule has 32 heavy (non-hydrogen) atoms. The van der Waals surface area contributed by atoms with E-state index in [0.29, 0.717) is 22.6 Å². The summed E-state index contributed by atoms with van der Waals surface area (Å²) in [5.41, 5.74) is 1.58. The predicted octanol–water partition coefficient (Wildman–Crippen LogP) is 3.45. The average molecular weight is 445 g/mol. The molecule has 0 aliphatic rings. The van der Waals surface area contributed by atoms with Gasteiger partial charge in [0.2, 0.25) is 0 Å². The van der Waals surface area contributed by atoms with Crippen molar-refractivity contribution in [2.75, 3.05) is 27.4 Å². The van der Waals surface area contributed by atoms with Gasteiger partial charge in [0, 0.05) is 6.08 Å². The maximum Gasteiger partial charge on any atom is 0.355 e. The number of aromatic nitrogens is 1. The van der Waals surface area contributed by atoms with Crippen LogP contribution in [0.4, 0.5) is 0 Å². The summed E-state index contributed by atoms with van der Waals surface area (Å²) < 4.78 is 25.7. The Morgan fingerprint density at radius 2 is 1.59 bits per heavy atom. The van der Waals surface area contributed by atoms with Crippen LogP contribution in [0.1, 0.15) is 51.5 Å². The molecule has 2 aromatic rings. The van der Waals surface area contributed by atoms with E-state index < -0.39 is 17.9 Å². The number of aromatic amines is 1. The van der Waals surface area contributed by atoms with Crippen molar-refractivity contribution >= 4 is 24.0 Å². The molecule has 0 saturated heterocycles. The lowest BCUT2D eigenvalue weighted by Crippen LogP contribution is -2.10. The molecule has 1 aromatic carbocycles. The van der Waals surface area contributed by atoms with Crippen molar-refractivity contribution in [2.45, 2.75) is 27.4 Å². The van der Waals surface area contributed by atoms with Gasteiger partial charge in [-0.2, -0.15) is 0 Å². The second-order valence-electron chi connectivity index (χ2n) is 6.47. The van der Waals surface area contributed by atoms with E-state index in [4.69, 9.17) is 23.7 Å². The van der Waals surface area contributed by atoms with Crippen LogP contribution in [0.5, 0.6) is 11.5 Å². The maximum absolute atomic E-state index is 12.4. The van der Waals surface area contributed by atoms with Crippen molar-refractivity contribution in [3.05, 3.63) is 52.4 Å². The summed E-state index contributed by atoms with van der Waals surface area (Å²) in [6.07, 6.45) is 2.80. The number of nitrogens with one attached hydrogen (secondary N) is 1. The monoisotopic (exact) mass is 445 g/mol. The van der Waals surface area contributed by atoms with Crippen LogP contribution in [0.3, 0.4) is 0 Å². The van der Waals surface area contributed by atoms with E-state index >= 15 is 0 Å². The Morgan fingerprint density at radius 1 is 0.938 bits per heavy atom. The second kappa shape index (κ2) is 11.6. The fourth-order valence-electron chi connectivity index (χ4n) is 2.97. The summed E-state index contributed by atoms with van der Waals surface area (Å²) in [4.78, 5) is 39.6. The van der Waals surface area contributed by atoms with Crippen molar-refractivity contribution < 1.29 is 38.1 Å². The zero-order valence-electron chi connectivity index (χ0n) is 18.8. The summed E-state index contributed by atoms with van der Waals surface area (Å²) >= 11 is 0. The summed E-state index contributed by atoms with van der Waals surface area (Å²) in [6.45, 7) is 5.02. The van der Waals surface area contributed by atoms with Crippen molar-refractivity contribution in [2.24, 2.45) is 0 Å². The summed E-state index contributed by atoms with van der Waals surface area (Å²) in [5.74, 6) is -0.779. The van der Waals surface area contributed by atoms with Crippen LogP contribution in [0.2, 0.25) is 0 Å². The zero-order valence-corrected chi connectivity index (χ0v) is 18.8. The van der Waals surface area contributed by atoms with Crippen LogP contribution in [-0.4, -0.2) is 50.3 Å². The Bertz CT molecular complexity index is 1010. The van der Waals surface area contributed by atoms with Gasteiger partial charge < -0.3 is 28.7 Å². The number of rotatable bonds is 10. The first-order valence-corrected chi connectivity index (χ1v) is 9.98. The minimum atomic E-state index is -0.639. The van der Waals surface area contributed by atoms with Gasteiger partial charge in [-0.15, -0.1) is 0 Å². The molecular formula is C23H27NO8. The molecule has 0 atom stereocenters. The molecular weight excluding hydrogens is 418 g/mol. The Balaban J connectivity index is 2.17. The quantitative estimate of drug-likeness (QED) is 0.336. The molecule has 1 aromatic heterocycles. The van der Waals surface area contributed by atoms with Gasteiger partial charge in [0.15, 0.2) is 11.5 Å². The number of hydrogen-bond acceptors (Lipinski definition) is 8. The molecule has 0 amide bonds. The Hall–Kier alpha value is -3.75. The van der Waals surface area contributed by atoms with E-state index in [1.54, 1.807) is 45.0 Å². The Morgan fingerprint density at radius 3 is 2.22 bits per heavy atom. The zero-order chi connectivity index (χ0) is 23.7. The molecule has 172 valence electrons. The normalized spacial score (nSPS) is 10.7. The fraction of sp³-hybridized carbons (Fsp3) is 0.348. The molecule has 9 heteroatoms. The van der Waals surface area contributed by atoms with E-state index in [1.165, 1.54) is 20.3 Å². The molecule has 9 nitrogen and oxygen atoms in total. The molecule has 0 spiro atoms. The highest BCUT2D eigenvalue weighted by Crippen LogP contribution is 2.28. The van der Waals surface area contributed by atoms with E-state index in [1.807, 2.05) is 0 Å². The highest BCUT2D eigenvalue weighted by atomic mass is 16.5. The van der Waals surface area contributed by atoms with Gasteiger partial charge in [0.1, 0.15) is 12.3 Å². The number of hydrogen-bond donors (Lipinski definition) is 1. The number of ether oxygens (including phenoxy) is 5. The largest absolute Gasteiger partial charge is 0.493 e. The maximum atomic E-state index is 12.4. The SMILES string of the molecule is CCOC(=O)c1[nH]c(COC(=O)C=Cc2ccc(OC)c(OC)c2)c(C(=O)OCC)c1C. The molecule has 0 unspecified atom stereocenters. The first-order chi connectivity index (χ1) is 15.4. The highest BCUT2D eigenvalue weighted by Gasteiger charge is 2.26. The summed E-state index contributed by atoms with van der Waals surface area (Å²) in [6, 6.07) is 5.18. The van der Waals surface area contributed by atoms with E-state index in [2.05, 4.69) is 4.98 Å². The average Bonchev–Trinajstić information content (AvgIpc) is 3.12. The number of benzene rings is 1. The first-order valence-electron chi connectivity index (χ1n) is 9.98. The van der Waals surface area contributed by atoms with E-state index in [-0.39, 0.29) is 36.8 Å². The Kier molecular flexibility index (Phi) is 8.88. The number of H-pyrrole nitrogens is 1. The summed E-state index contributed by atoms with van der Waals surface area (Å²) in [5, 5.41) is 0. The predicted molar refractivity (Wildman–Crippen MR) is 116 cm³/mol. The number of carbonyl (C=O) groups excluding carboxylic acids is 3. The third-order valence-electron chi connectivity index (χ3n) is 4.47. The molecule has 0 saturated carbocycles. The van der Waals surface area contributed by atoms with Gasteiger partial charge in [0.05, 0.1) is 38.7 Å². The lowest BCUT2D eigenvalue weighted by molar-refractivity contribution is -0.139. The van der Waals surface area contributed by atoms with Crippen molar-refractivity contribution in [1.29, 1.82) is 0 Å². The van der Waals surface area contributed by atoms with Crippen LogP contribution < -0.4 is 9.47 Å². The highest BCUT2D eigenvalue weighted by molar-refractivity contribution is 5.98. The lowest BCUT2D eigenvalue weighted by atomic mass is 10.1. The van der Waals surface area contributed by atoms with Crippen molar-refractivity contribution in [3.63, 3.8) is 0 Å². The van der Waals surface area contributed by atoms with Crippen LogP contribution in [0.25, 0.3) is 6.08 Å². The minimum absolute atomic E-state index is 0.113. The minimum Gasteiger partial charge on any atom is -0.493 e. The molecule has 0 aliphatic carbocycles. The third-order valence-corrected chi connectivity index (χ3v) is 4.47. The number of methoxy groups -OCH3 is 2. The van der Waals surface area contributed by atoms with Crippen molar-refractivity contribution in [1.82, 2.24) is 4.98 Å². The van der Waals surface area contributed by atoms with Crippen LogP contribution >= 0.6 is 0 Å². The fourth-order valence-corrected chi connectivity index (χ4v) is 2.97. The van der Waals surface area contributed by atoms with Crippen LogP contribution in [-0.2, 0) is 25.6 Å². The van der Waals surface area contributed by atoms with Gasteiger partial charge in [-0.3, -0.25) is 0 Å². The second-order valence-corrected chi connectivity index (χ2v) is 6.47.